The van der Waals surface area contributed by atoms with E-state index in [9.17, 15) is 4.79 Å². The van der Waals surface area contributed by atoms with Crippen LogP contribution in [0, 0.1) is 12.8 Å². The number of nitrogens with zero attached hydrogens (tertiary/aromatic N) is 5. The zero-order chi connectivity index (χ0) is 15.3. The summed E-state index contributed by atoms with van der Waals surface area (Å²) in [7, 11) is 0. The van der Waals surface area contributed by atoms with Crippen molar-refractivity contribution in [3.05, 3.63) is 23.8 Å². The molecule has 0 aromatic carbocycles. The Morgan fingerprint density at radius 2 is 2.27 bits per heavy atom. The third kappa shape index (κ3) is 1.99. The highest BCUT2D eigenvalue weighted by atomic mass is 16.5. The van der Waals surface area contributed by atoms with Gasteiger partial charge in [0.1, 0.15) is 0 Å². The van der Waals surface area contributed by atoms with Crippen LogP contribution >= 0.6 is 0 Å². The van der Waals surface area contributed by atoms with Crippen LogP contribution in [0.3, 0.4) is 0 Å². The van der Waals surface area contributed by atoms with Crippen molar-refractivity contribution < 1.29 is 9.53 Å². The van der Waals surface area contributed by atoms with Gasteiger partial charge < -0.3 is 9.64 Å². The predicted molar refractivity (Wildman–Crippen MR) is 78.5 cm³/mol. The number of aryl methyl sites for hydroxylation is 1. The Morgan fingerprint density at radius 3 is 3.00 bits per heavy atom. The molecule has 2 fully saturated rings. The summed E-state index contributed by atoms with van der Waals surface area (Å²) in [6, 6.07) is 1.85. The van der Waals surface area contributed by atoms with Crippen LogP contribution in [0.5, 0.6) is 0 Å². The van der Waals surface area contributed by atoms with Crippen molar-refractivity contribution in [2.24, 2.45) is 5.92 Å². The first-order valence-electron chi connectivity index (χ1n) is 7.68. The van der Waals surface area contributed by atoms with Gasteiger partial charge in [0, 0.05) is 18.4 Å². The molecular formula is C15H19N5O2. The van der Waals surface area contributed by atoms with Crippen molar-refractivity contribution in [2.45, 2.75) is 32.2 Å². The molecule has 1 saturated carbocycles. The molecular weight excluding hydrogens is 282 g/mol. The molecule has 1 amide bonds. The molecule has 116 valence electrons. The summed E-state index contributed by atoms with van der Waals surface area (Å²) in [5.41, 5.74) is 0.665. The summed E-state index contributed by atoms with van der Waals surface area (Å²) >= 11 is 0. The van der Waals surface area contributed by atoms with Crippen LogP contribution in [0.4, 0.5) is 0 Å². The number of amides is 1. The minimum atomic E-state index is -0.241. The Hall–Kier alpha value is -2.02. The van der Waals surface area contributed by atoms with Gasteiger partial charge in [0.2, 0.25) is 5.82 Å². The average molecular weight is 301 g/mol. The Labute approximate surface area is 128 Å². The van der Waals surface area contributed by atoms with Gasteiger partial charge in [0.05, 0.1) is 18.8 Å². The molecule has 0 bridgehead atoms. The van der Waals surface area contributed by atoms with Gasteiger partial charge in [-0.05, 0) is 38.7 Å². The molecule has 1 atom stereocenters. The monoisotopic (exact) mass is 301 g/mol. The topological polar surface area (TPSA) is 72.6 Å². The molecule has 4 rings (SSSR count). The Morgan fingerprint density at radius 1 is 1.45 bits per heavy atom. The average Bonchev–Trinajstić information content (AvgIpc) is 3.28. The fourth-order valence-corrected chi connectivity index (χ4v) is 3.26. The quantitative estimate of drug-likeness (QED) is 0.830. The lowest BCUT2D eigenvalue weighted by molar-refractivity contribution is -0.0552. The summed E-state index contributed by atoms with van der Waals surface area (Å²) in [6.45, 7) is 5.78. The van der Waals surface area contributed by atoms with Crippen molar-refractivity contribution >= 4 is 11.7 Å². The van der Waals surface area contributed by atoms with E-state index in [0.29, 0.717) is 31.5 Å². The van der Waals surface area contributed by atoms with Crippen molar-refractivity contribution in [1.82, 2.24) is 24.5 Å². The molecule has 1 aliphatic heterocycles. The first kappa shape index (κ1) is 13.6. The van der Waals surface area contributed by atoms with E-state index in [1.165, 1.54) is 0 Å². The summed E-state index contributed by atoms with van der Waals surface area (Å²) in [4.78, 5) is 23.3. The number of carbonyl (C=O) groups is 1. The number of rotatable bonds is 2. The molecule has 7 nitrogen and oxygen atoms in total. The van der Waals surface area contributed by atoms with Gasteiger partial charge in [-0.15, -0.1) is 5.10 Å². The highest BCUT2D eigenvalue weighted by molar-refractivity contribution is 5.91. The summed E-state index contributed by atoms with van der Waals surface area (Å²) in [5.74, 6) is 1.08. The van der Waals surface area contributed by atoms with Gasteiger partial charge in [0.15, 0.2) is 0 Å². The Kier molecular flexibility index (Phi) is 2.94. The second-order valence-electron chi connectivity index (χ2n) is 6.37. The van der Waals surface area contributed by atoms with E-state index in [0.717, 1.165) is 18.5 Å². The number of aromatic nitrogens is 4. The van der Waals surface area contributed by atoms with Crippen LogP contribution in [0.1, 0.15) is 36.1 Å². The lowest BCUT2D eigenvalue weighted by Gasteiger charge is -2.44. The molecule has 7 heteroatoms. The number of ether oxygens (including phenoxy) is 1. The molecule has 22 heavy (non-hydrogen) atoms. The normalized spacial score (nSPS) is 25.6. The van der Waals surface area contributed by atoms with E-state index >= 15 is 0 Å². The van der Waals surface area contributed by atoms with E-state index in [1.54, 1.807) is 10.7 Å². The number of hydrogen-bond acceptors (Lipinski definition) is 5. The molecule has 1 saturated heterocycles. The van der Waals surface area contributed by atoms with Crippen LogP contribution in [0.15, 0.2) is 12.3 Å². The third-order valence-corrected chi connectivity index (χ3v) is 4.79. The van der Waals surface area contributed by atoms with Crippen LogP contribution in [0.2, 0.25) is 0 Å². The van der Waals surface area contributed by atoms with Gasteiger partial charge in [0.25, 0.3) is 11.7 Å². The molecule has 0 radical (unpaired) electrons. The molecule has 1 unspecified atom stereocenters. The van der Waals surface area contributed by atoms with Crippen LogP contribution in [-0.4, -0.2) is 55.7 Å². The summed E-state index contributed by atoms with van der Waals surface area (Å²) in [6.07, 6.45) is 3.99. The maximum atomic E-state index is 12.9. The second kappa shape index (κ2) is 4.74. The van der Waals surface area contributed by atoms with E-state index in [2.05, 4.69) is 22.0 Å². The molecule has 3 heterocycles. The van der Waals surface area contributed by atoms with Crippen molar-refractivity contribution in [3.8, 4) is 0 Å². The summed E-state index contributed by atoms with van der Waals surface area (Å²) < 4.78 is 7.24. The number of carbonyl (C=O) groups excluding carboxylic acids is 1. The van der Waals surface area contributed by atoms with Gasteiger partial charge in [-0.1, -0.05) is 0 Å². The molecule has 2 aromatic heterocycles. The minimum absolute atomic E-state index is 0.123. The third-order valence-electron chi connectivity index (χ3n) is 4.79. The van der Waals surface area contributed by atoms with Crippen molar-refractivity contribution in [1.29, 1.82) is 0 Å². The van der Waals surface area contributed by atoms with E-state index in [1.807, 2.05) is 17.9 Å². The molecule has 0 N–H and O–H groups in total. The highest BCUT2D eigenvalue weighted by Crippen LogP contribution is 2.44. The largest absolute Gasteiger partial charge is 0.377 e. The number of morpholine rings is 1. The lowest BCUT2D eigenvalue weighted by atomic mass is 9.93. The zero-order valence-corrected chi connectivity index (χ0v) is 12.8. The van der Waals surface area contributed by atoms with E-state index in [4.69, 9.17) is 4.74 Å². The van der Waals surface area contributed by atoms with E-state index in [-0.39, 0.29) is 17.3 Å². The van der Waals surface area contributed by atoms with Crippen LogP contribution < -0.4 is 0 Å². The second-order valence-corrected chi connectivity index (χ2v) is 6.37. The first-order valence-corrected chi connectivity index (χ1v) is 7.68. The smallest absolute Gasteiger partial charge is 0.294 e. The van der Waals surface area contributed by atoms with Gasteiger partial charge in [-0.2, -0.15) is 4.98 Å². The Balaban J connectivity index is 1.71. The number of hydrogen-bond donors (Lipinski definition) is 0. The van der Waals surface area contributed by atoms with Crippen molar-refractivity contribution in [3.63, 3.8) is 0 Å². The lowest BCUT2D eigenvalue weighted by Crippen LogP contribution is -2.58. The minimum Gasteiger partial charge on any atom is -0.377 e. The predicted octanol–water partition coefficient (Wildman–Crippen LogP) is 1.07. The van der Waals surface area contributed by atoms with Gasteiger partial charge in [-0.3, -0.25) is 4.79 Å². The molecule has 0 spiro atoms. The standard InChI is InChI=1S/C15H19N5O2/c1-10-5-6-16-14-17-12(18-20(10)14)13(21)19-7-8-22-9-15(19,2)11-3-4-11/h5-6,11H,3-4,7-9H2,1-2H3. The number of fused-ring (bicyclic) bond motifs is 1. The zero-order valence-electron chi connectivity index (χ0n) is 12.8. The van der Waals surface area contributed by atoms with Gasteiger partial charge in [-0.25, -0.2) is 9.50 Å². The van der Waals surface area contributed by atoms with Crippen molar-refractivity contribution in [2.75, 3.05) is 19.8 Å². The SMILES string of the molecule is Cc1ccnc2nc(C(=O)N3CCOCC3(C)C3CC3)nn12. The molecule has 2 aromatic rings. The Bertz CT molecular complexity index is 739. The maximum Gasteiger partial charge on any atom is 0.294 e. The van der Waals surface area contributed by atoms with E-state index < -0.39 is 0 Å². The summed E-state index contributed by atoms with van der Waals surface area (Å²) in [5, 5.41) is 4.34. The van der Waals surface area contributed by atoms with Crippen LogP contribution in [-0.2, 0) is 4.74 Å². The fraction of sp³-hybridized carbons (Fsp3) is 0.600. The highest BCUT2D eigenvalue weighted by Gasteiger charge is 2.50. The maximum absolute atomic E-state index is 12.9. The van der Waals surface area contributed by atoms with Crippen LogP contribution in [0.25, 0.3) is 5.78 Å². The van der Waals surface area contributed by atoms with Gasteiger partial charge >= 0.3 is 0 Å². The fourth-order valence-electron chi connectivity index (χ4n) is 3.26. The first-order chi connectivity index (χ1) is 10.6. The molecule has 2 aliphatic rings. The molecule has 1 aliphatic carbocycles.